The Morgan fingerprint density at radius 1 is 1.25 bits per heavy atom. The topological polar surface area (TPSA) is 98.5 Å². The first-order valence-electron chi connectivity index (χ1n) is 10.5. The summed E-state index contributed by atoms with van der Waals surface area (Å²) in [5.74, 6) is -1.23. The number of carbonyl (C=O) groups excluding carboxylic acids is 2. The maximum absolute atomic E-state index is 13.4. The number of ketones is 1. The molecule has 2 aliphatic rings. The van der Waals surface area contributed by atoms with Crippen molar-refractivity contribution in [1.82, 2.24) is 5.32 Å². The summed E-state index contributed by atoms with van der Waals surface area (Å²) in [6, 6.07) is 10.1. The van der Waals surface area contributed by atoms with E-state index in [-0.39, 0.29) is 23.5 Å². The molecule has 1 N–H and O–H groups in total. The number of non-ortho nitro benzene ring substituents is 1. The summed E-state index contributed by atoms with van der Waals surface area (Å²) in [5.41, 5.74) is 2.64. The molecule has 2 atom stereocenters. The molecule has 32 heavy (non-hydrogen) atoms. The van der Waals surface area contributed by atoms with Crippen LogP contribution in [0, 0.1) is 10.1 Å². The first kappa shape index (κ1) is 22.0. The standard InChI is InChI=1S/C24H24N2O5S/c1-13(2)31-24(28)21-14(3)25-18-11-16(20-8-5-9-32-20)12-19(27)23(18)22(21)15-6-4-7-17(10-15)26(29)30/h4-10,13,16,22,25H,11-12H2,1-3H3/t16-,22+/m1/s1. The monoisotopic (exact) mass is 452 g/mol. The molecule has 0 fully saturated rings. The van der Waals surface area contributed by atoms with Gasteiger partial charge in [0.2, 0.25) is 0 Å². The van der Waals surface area contributed by atoms with Crippen LogP contribution in [0.1, 0.15) is 55.9 Å². The number of rotatable bonds is 5. The number of dihydropyridines is 1. The molecule has 0 bridgehead atoms. The van der Waals surface area contributed by atoms with Crippen molar-refractivity contribution >= 4 is 28.8 Å². The fourth-order valence-corrected chi connectivity index (χ4v) is 5.29. The summed E-state index contributed by atoms with van der Waals surface area (Å²) in [4.78, 5) is 38.6. The zero-order valence-corrected chi connectivity index (χ0v) is 18.9. The first-order chi connectivity index (χ1) is 15.3. The average Bonchev–Trinajstić information content (AvgIpc) is 3.27. The molecule has 0 radical (unpaired) electrons. The molecular formula is C24H24N2O5S. The predicted molar refractivity (Wildman–Crippen MR) is 121 cm³/mol. The third-order valence-electron chi connectivity index (χ3n) is 5.75. The van der Waals surface area contributed by atoms with Crippen molar-refractivity contribution in [2.45, 2.75) is 51.6 Å². The minimum atomic E-state index is -0.714. The fourth-order valence-electron chi connectivity index (χ4n) is 4.46. The number of nitrogens with zero attached hydrogens (tertiary/aromatic N) is 1. The highest BCUT2D eigenvalue weighted by Gasteiger charge is 2.42. The Labute approximate surface area is 189 Å². The largest absolute Gasteiger partial charge is 0.460 e. The SMILES string of the molecule is CC1=C(C(=O)OC(C)C)[C@H](c2cccc([N+](=O)[O-])c2)C2=C(C[C@@H](c3cccs3)CC2=O)N1. The molecule has 4 rings (SSSR count). The van der Waals surface area contributed by atoms with Crippen LogP contribution in [0.15, 0.2) is 64.3 Å². The van der Waals surface area contributed by atoms with Crippen molar-refractivity contribution in [1.29, 1.82) is 0 Å². The normalized spacial score (nSPS) is 20.8. The van der Waals surface area contributed by atoms with Gasteiger partial charge in [-0.3, -0.25) is 14.9 Å². The number of thiophene rings is 1. The highest BCUT2D eigenvalue weighted by molar-refractivity contribution is 7.10. The first-order valence-corrected chi connectivity index (χ1v) is 11.4. The number of hydrogen-bond acceptors (Lipinski definition) is 7. The number of nitrogens with one attached hydrogen (secondary N) is 1. The van der Waals surface area contributed by atoms with Gasteiger partial charge in [0.1, 0.15) is 0 Å². The van der Waals surface area contributed by atoms with Crippen LogP contribution >= 0.6 is 11.3 Å². The van der Waals surface area contributed by atoms with Crippen LogP contribution in [0.3, 0.4) is 0 Å². The summed E-state index contributed by atoms with van der Waals surface area (Å²) in [6.07, 6.45) is 0.628. The van der Waals surface area contributed by atoms with Crippen molar-refractivity contribution in [3.8, 4) is 0 Å². The molecule has 8 heteroatoms. The van der Waals surface area contributed by atoms with Crippen molar-refractivity contribution in [3.63, 3.8) is 0 Å². The van der Waals surface area contributed by atoms with Crippen LogP contribution < -0.4 is 5.32 Å². The minimum Gasteiger partial charge on any atom is -0.460 e. The van der Waals surface area contributed by atoms with Gasteiger partial charge in [0, 0.05) is 52.2 Å². The highest BCUT2D eigenvalue weighted by atomic mass is 32.1. The molecule has 1 aromatic carbocycles. The molecule has 166 valence electrons. The van der Waals surface area contributed by atoms with E-state index in [0.717, 1.165) is 10.6 Å². The van der Waals surface area contributed by atoms with Crippen LogP contribution in [0.4, 0.5) is 5.69 Å². The molecule has 2 aromatic rings. The second-order valence-corrected chi connectivity index (χ2v) is 9.32. The Balaban J connectivity index is 1.84. The van der Waals surface area contributed by atoms with E-state index in [1.165, 1.54) is 12.1 Å². The molecule has 0 saturated carbocycles. The second kappa shape index (κ2) is 8.70. The summed E-state index contributed by atoms with van der Waals surface area (Å²) in [5, 5.41) is 16.7. The number of carbonyl (C=O) groups is 2. The smallest absolute Gasteiger partial charge is 0.337 e. The Kier molecular flexibility index (Phi) is 5.97. The summed E-state index contributed by atoms with van der Waals surface area (Å²) >= 11 is 1.62. The zero-order valence-electron chi connectivity index (χ0n) is 18.1. The van der Waals surface area contributed by atoms with E-state index >= 15 is 0 Å². The van der Waals surface area contributed by atoms with Crippen LogP contribution in [0.25, 0.3) is 0 Å². The van der Waals surface area contributed by atoms with Crippen LogP contribution in [0.5, 0.6) is 0 Å². The van der Waals surface area contributed by atoms with Gasteiger partial charge in [-0.15, -0.1) is 11.3 Å². The van der Waals surface area contributed by atoms with Gasteiger partial charge in [0.05, 0.1) is 16.6 Å². The lowest BCUT2D eigenvalue weighted by Crippen LogP contribution is -2.36. The molecular weight excluding hydrogens is 428 g/mol. The zero-order chi connectivity index (χ0) is 23.0. The van der Waals surface area contributed by atoms with E-state index in [2.05, 4.69) is 5.32 Å². The van der Waals surface area contributed by atoms with Crippen molar-refractivity contribution in [2.24, 2.45) is 0 Å². The maximum Gasteiger partial charge on any atom is 0.337 e. The summed E-state index contributed by atoms with van der Waals surface area (Å²) in [7, 11) is 0. The molecule has 0 saturated heterocycles. The van der Waals surface area contributed by atoms with E-state index in [0.29, 0.717) is 35.2 Å². The van der Waals surface area contributed by atoms with Gasteiger partial charge >= 0.3 is 5.97 Å². The predicted octanol–water partition coefficient (Wildman–Crippen LogP) is 4.97. The van der Waals surface area contributed by atoms with Crippen LogP contribution in [-0.4, -0.2) is 22.8 Å². The minimum absolute atomic E-state index is 0.0593. The molecule has 0 spiro atoms. The molecule has 0 amide bonds. The van der Waals surface area contributed by atoms with Gasteiger partial charge in [-0.05, 0) is 44.2 Å². The highest BCUT2D eigenvalue weighted by Crippen LogP contribution is 2.46. The Morgan fingerprint density at radius 2 is 2.03 bits per heavy atom. The quantitative estimate of drug-likeness (QED) is 0.391. The number of nitro benzene ring substituents is 1. The molecule has 1 aliphatic heterocycles. The lowest BCUT2D eigenvalue weighted by Gasteiger charge is -2.36. The number of nitro groups is 1. The molecule has 1 aliphatic carbocycles. The summed E-state index contributed by atoms with van der Waals surface area (Å²) < 4.78 is 5.48. The Morgan fingerprint density at radius 3 is 2.69 bits per heavy atom. The van der Waals surface area contributed by atoms with Gasteiger partial charge in [0.15, 0.2) is 5.78 Å². The molecule has 7 nitrogen and oxygen atoms in total. The van der Waals surface area contributed by atoms with Gasteiger partial charge < -0.3 is 10.1 Å². The Hall–Kier alpha value is -3.26. The van der Waals surface area contributed by atoms with Gasteiger partial charge in [0.25, 0.3) is 5.69 Å². The van der Waals surface area contributed by atoms with Gasteiger partial charge in [-0.2, -0.15) is 0 Å². The number of ether oxygens (including phenoxy) is 1. The number of Topliss-reactive ketones (excluding diaryl/α,β-unsaturated/α-hetero) is 1. The van der Waals surface area contributed by atoms with Gasteiger partial charge in [-0.1, -0.05) is 18.2 Å². The average molecular weight is 453 g/mol. The van der Waals surface area contributed by atoms with E-state index in [4.69, 9.17) is 4.74 Å². The second-order valence-electron chi connectivity index (χ2n) is 8.34. The van der Waals surface area contributed by atoms with E-state index in [1.807, 2.05) is 17.5 Å². The third kappa shape index (κ3) is 4.10. The van der Waals surface area contributed by atoms with E-state index < -0.39 is 16.8 Å². The lowest BCUT2D eigenvalue weighted by atomic mass is 9.72. The van der Waals surface area contributed by atoms with Gasteiger partial charge in [-0.25, -0.2) is 4.79 Å². The van der Waals surface area contributed by atoms with Crippen molar-refractivity contribution < 1.29 is 19.2 Å². The third-order valence-corrected chi connectivity index (χ3v) is 6.78. The molecule has 1 aromatic heterocycles. The van der Waals surface area contributed by atoms with E-state index in [9.17, 15) is 19.7 Å². The number of esters is 1. The van der Waals surface area contributed by atoms with E-state index in [1.54, 1.807) is 44.2 Å². The Bertz CT molecular complexity index is 1150. The van der Waals surface area contributed by atoms with Crippen molar-refractivity contribution in [2.75, 3.05) is 0 Å². The molecule has 0 unspecified atom stereocenters. The van der Waals surface area contributed by atoms with Crippen LogP contribution in [-0.2, 0) is 14.3 Å². The number of benzene rings is 1. The fraction of sp³-hybridized carbons (Fsp3) is 0.333. The number of allylic oxidation sites excluding steroid dienone is 3. The molecule has 2 heterocycles. The lowest BCUT2D eigenvalue weighted by molar-refractivity contribution is -0.384. The number of hydrogen-bond donors (Lipinski definition) is 1. The van der Waals surface area contributed by atoms with Crippen LogP contribution in [0.2, 0.25) is 0 Å². The van der Waals surface area contributed by atoms with Crippen molar-refractivity contribution in [3.05, 3.63) is 84.9 Å². The summed E-state index contributed by atoms with van der Waals surface area (Å²) in [6.45, 7) is 5.30. The maximum atomic E-state index is 13.4.